The summed E-state index contributed by atoms with van der Waals surface area (Å²) in [6.07, 6.45) is 5.23. The van der Waals surface area contributed by atoms with Crippen LogP contribution in [0, 0.1) is 5.92 Å². The van der Waals surface area contributed by atoms with Crippen LogP contribution in [0.25, 0.3) is 0 Å². The number of carbonyl (C=O) groups is 2. The lowest BCUT2D eigenvalue weighted by Crippen LogP contribution is -2.54. The molecule has 2 unspecified atom stereocenters. The third kappa shape index (κ3) is 2.85. The van der Waals surface area contributed by atoms with Gasteiger partial charge >= 0.3 is 0 Å². The predicted molar refractivity (Wildman–Crippen MR) is 70.0 cm³/mol. The molecule has 0 N–H and O–H groups in total. The molecular weight excluding hydrogens is 228 g/mol. The summed E-state index contributed by atoms with van der Waals surface area (Å²) in [4.78, 5) is 27.9. The van der Waals surface area contributed by atoms with Gasteiger partial charge in [-0.15, -0.1) is 0 Å². The van der Waals surface area contributed by atoms with E-state index < -0.39 is 0 Å². The molecule has 0 aromatic rings. The standard InChI is InChI=1S/C14H24N2O2/c1-11-6-5-8-15(10-11)14(18)13-7-3-4-9-16(13)12(2)17/h11,13H,3-10H2,1-2H3. The topological polar surface area (TPSA) is 40.6 Å². The van der Waals surface area contributed by atoms with Crippen molar-refractivity contribution < 1.29 is 9.59 Å². The van der Waals surface area contributed by atoms with Gasteiger partial charge in [0.2, 0.25) is 11.8 Å². The van der Waals surface area contributed by atoms with Crippen molar-refractivity contribution in [2.45, 2.75) is 52.0 Å². The van der Waals surface area contributed by atoms with Crippen molar-refractivity contribution in [3.63, 3.8) is 0 Å². The molecule has 0 aromatic carbocycles. The minimum absolute atomic E-state index is 0.0399. The molecule has 0 saturated carbocycles. The van der Waals surface area contributed by atoms with E-state index in [1.54, 1.807) is 11.8 Å². The second-order valence-corrected chi connectivity index (χ2v) is 5.76. The monoisotopic (exact) mass is 252 g/mol. The molecule has 2 heterocycles. The fourth-order valence-electron chi connectivity index (χ4n) is 3.17. The lowest BCUT2D eigenvalue weighted by Gasteiger charge is -2.39. The lowest BCUT2D eigenvalue weighted by atomic mass is 9.96. The maximum absolute atomic E-state index is 12.5. The molecule has 2 saturated heterocycles. The van der Waals surface area contributed by atoms with Gasteiger partial charge < -0.3 is 9.80 Å². The van der Waals surface area contributed by atoms with E-state index in [-0.39, 0.29) is 17.9 Å². The zero-order valence-corrected chi connectivity index (χ0v) is 11.5. The Kier molecular flexibility index (Phi) is 4.25. The van der Waals surface area contributed by atoms with Crippen LogP contribution < -0.4 is 0 Å². The molecule has 4 heteroatoms. The minimum Gasteiger partial charge on any atom is -0.341 e. The first kappa shape index (κ1) is 13.4. The molecular formula is C14H24N2O2. The quantitative estimate of drug-likeness (QED) is 0.712. The van der Waals surface area contributed by atoms with Crippen LogP contribution in [0.5, 0.6) is 0 Å². The lowest BCUT2D eigenvalue weighted by molar-refractivity contribution is -0.147. The average Bonchev–Trinajstić information content (AvgIpc) is 2.38. The van der Waals surface area contributed by atoms with E-state index >= 15 is 0 Å². The maximum atomic E-state index is 12.5. The maximum Gasteiger partial charge on any atom is 0.245 e. The second kappa shape index (κ2) is 5.72. The zero-order valence-electron chi connectivity index (χ0n) is 11.5. The van der Waals surface area contributed by atoms with Crippen molar-refractivity contribution in [3.05, 3.63) is 0 Å². The largest absolute Gasteiger partial charge is 0.341 e. The van der Waals surface area contributed by atoms with Gasteiger partial charge in [0.25, 0.3) is 0 Å². The Morgan fingerprint density at radius 3 is 2.50 bits per heavy atom. The third-order valence-electron chi connectivity index (χ3n) is 4.16. The van der Waals surface area contributed by atoms with E-state index in [0.29, 0.717) is 5.92 Å². The molecule has 2 atom stereocenters. The summed E-state index contributed by atoms with van der Waals surface area (Å²) in [7, 11) is 0. The number of nitrogens with zero attached hydrogens (tertiary/aromatic N) is 2. The molecule has 102 valence electrons. The van der Waals surface area contributed by atoms with Gasteiger partial charge in [-0.05, 0) is 38.0 Å². The van der Waals surface area contributed by atoms with Crippen LogP contribution in [0.4, 0.5) is 0 Å². The Morgan fingerprint density at radius 1 is 1.06 bits per heavy atom. The molecule has 0 spiro atoms. The number of likely N-dealkylation sites (tertiary alicyclic amines) is 2. The number of rotatable bonds is 1. The summed E-state index contributed by atoms with van der Waals surface area (Å²) in [5, 5.41) is 0. The number of hydrogen-bond donors (Lipinski definition) is 0. The zero-order chi connectivity index (χ0) is 13.1. The molecule has 2 fully saturated rings. The molecule has 2 rings (SSSR count). The van der Waals surface area contributed by atoms with Gasteiger partial charge in [-0.3, -0.25) is 9.59 Å². The number of amides is 2. The van der Waals surface area contributed by atoms with Crippen LogP contribution in [0.3, 0.4) is 0 Å². The highest BCUT2D eigenvalue weighted by Crippen LogP contribution is 2.22. The number of piperidine rings is 2. The van der Waals surface area contributed by atoms with Crippen molar-refractivity contribution in [3.8, 4) is 0 Å². The van der Waals surface area contributed by atoms with E-state index in [0.717, 1.165) is 45.3 Å². The molecule has 0 bridgehead atoms. The van der Waals surface area contributed by atoms with Crippen molar-refractivity contribution in [1.29, 1.82) is 0 Å². The predicted octanol–water partition coefficient (Wildman–Crippen LogP) is 1.65. The molecule has 0 radical (unpaired) electrons. The normalized spacial score (nSPS) is 29.2. The van der Waals surface area contributed by atoms with Gasteiger partial charge in [0.1, 0.15) is 6.04 Å². The summed E-state index contributed by atoms with van der Waals surface area (Å²) in [6, 6.07) is -0.193. The van der Waals surface area contributed by atoms with Gasteiger partial charge in [0.05, 0.1) is 0 Å². The Bertz CT molecular complexity index is 330. The highest BCUT2D eigenvalue weighted by molar-refractivity contribution is 5.87. The van der Waals surface area contributed by atoms with Gasteiger partial charge in [-0.1, -0.05) is 6.92 Å². The fourth-order valence-corrected chi connectivity index (χ4v) is 3.17. The number of carbonyl (C=O) groups excluding carboxylic acids is 2. The van der Waals surface area contributed by atoms with Crippen molar-refractivity contribution >= 4 is 11.8 Å². The molecule has 2 aliphatic rings. The number of hydrogen-bond acceptors (Lipinski definition) is 2. The second-order valence-electron chi connectivity index (χ2n) is 5.76. The molecule has 2 aliphatic heterocycles. The third-order valence-corrected chi connectivity index (χ3v) is 4.16. The molecule has 4 nitrogen and oxygen atoms in total. The van der Waals surface area contributed by atoms with E-state index in [1.807, 2.05) is 4.90 Å². The fraction of sp³-hybridized carbons (Fsp3) is 0.857. The Labute approximate surface area is 109 Å². The van der Waals surface area contributed by atoms with Crippen molar-refractivity contribution in [2.75, 3.05) is 19.6 Å². The van der Waals surface area contributed by atoms with Crippen LogP contribution >= 0.6 is 0 Å². The Balaban J connectivity index is 2.03. The van der Waals surface area contributed by atoms with E-state index in [1.165, 1.54) is 6.42 Å². The van der Waals surface area contributed by atoms with Crippen molar-refractivity contribution in [2.24, 2.45) is 5.92 Å². The first-order valence-corrected chi connectivity index (χ1v) is 7.15. The van der Waals surface area contributed by atoms with Crippen LogP contribution in [0.1, 0.15) is 46.0 Å². The van der Waals surface area contributed by atoms with Gasteiger partial charge in [-0.2, -0.15) is 0 Å². The SMILES string of the molecule is CC(=O)N1CCCCC1C(=O)N1CCCC(C)C1. The average molecular weight is 252 g/mol. The van der Waals surface area contributed by atoms with Crippen LogP contribution in [-0.4, -0.2) is 47.3 Å². The van der Waals surface area contributed by atoms with Gasteiger partial charge in [-0.25, -0.2) is 0 Å². The summed E-state index contributed by atoms with van der Waals surface area (Å²) in [6.45, 7) is 6.25. The molecule has 0 aliphatic carbocycles. The summed E-state index contributed by atoms with van der Waals surface area (Å²) in [5.74, 6) is 0.812. The van der Waals surface area contributed by atoms with Gasteiger partial charge in [0, 0.05) is 26.6 Å². The highest BCUT2D eigenvalue weighted by atomic mass is 16.2. The van der Waals surface area contributed by atoms with E-state index in [4.69, 9.17) is 0 Å². The highest BCUT2D eigenvalue weighted by Gasteiger charge is 2.34. The van der Waals surface area contributed by atoms with E-state index in [9.17, 15) is 9.59 Å². The first-order valence-electron chi connectivity index (χ1n) is 7.15. The smallest absolute Gasteiger partial charge is 0.245 e. The van der Waals surface area contributed by atoms with Crippen LogP contribution in [0.2, 0.25) is 0 Å². The Morgan fingerprint density at radius 2 is 1.83 bits per heavy atom. The summed E-state index contributed by atoms with van der Waals surface area (Å²) < 4.78 is 0. The van der Waals surface area contributed by atoms with Crippen molar-refractivity contribution in [1.82, 2.24) is 9.80 Å². The summed E-state index contributed by atoms with van der Waals surface area (Å²) in [5.41, 5.74) is 0. The molecule has 2 amide bonds. The summed E-state index contributed by atoms with van der Waals surface area (Å²) >= 11 is 0. The minimum atomic E-state index is -0.193. The molecule has 18 heavy (non-hydrogen) atoms. The Hall–Kier alpha value is -1.06. The van der Waals surface area contributed by atoms with Gasteiger partial charge in [0.15, 0.2) is 0 Å². The van der Waals surface area contributed by atoms with E-state index in [2.05, 4.69) is 6.92 Å². The van der Waals surface area contributed by atoms with Crippen LogP contribution in [0.15, 0.2) is 0 Å². The first-order chi connectivity index (χ1) is 8.59. The molecule has 0 aromatic heterocycles. The van der Waals surface area contributed by atoms with Crippen LogP contribution in [-0.2, 0) is 9.59 Å².